The minimum atomic E-state index is -0.631. The average molecular weight is 168 g/mol. The van der Waals surface area contributed by atoms with Gasteiger partial charge in [0, 0.05) is 0 Å². The van der Waals surface area contributed by atoms with Crippen LogP contribution in [0.15, 0.2) is 11.6 Å². The Morgan fingerprint density at radius 3 is 2.75 bits per heavy atom. The number of rotatable bonds is 2. The molecule has 0 amide bonds. The third-order valence-electron chi connectivity index (χ3n) is 2.97. The van der Waals surface area contributed by atoms with Crippen LogP contribution in [0.1, 0.15) is 39.5 Å². The van der Waals surface area contributed by atoms with Gasteiger partial charge in [-0.2, -0.15) is 0 Å². The quantitative estimate of drug-likeness (QED) is 0.643. The summed E-state index contributed by atoms with van der Waals surface area (Å²) in [5, 5.41) is 9.05. The molecule has 0 bridgehead atoms. The van der Waals surface area contributed by atoms with Crippen molar-refractivity contribution in [3.8, 4) is 0 Å². The molecule has 0 radical (unpaired) electrons. The molecule has 1 rings (SSSR count). The Balaban J connectivity index is 2.78. The minimum Gasteiger partial charge on any atom is -0.481 e. The highest BCUT2D eigenvalue weighted by Gasteiger charge is 2.36. The molecule has 0 fully saturated rings. The molecule has 2 nitrogen and oxygen atoms in total. The molecule has 0 aromatic rings. The largest absolute Gasteiger partial charge is 0.481 e. The van der Waals surface area contributed by atoms with Crippen molar-refractivity contribution in [2.24, 2.45) is 5.41 Å². The Morgan fingerprint density at radius 2 is 2.42 bits per heavy atom. The van der Waals surface area contributed by atoms with Gasteiger partial charge in [0.1, 0.15) is 0 Å². The number of carboxylic acid groups (broad SMARTS) is 1. The van der Waals surface area contributed by atoms with E-state index in [1.807, 2.05) is 6.92 Å². The lowest BCUT2D eigenvalue weighted by molar-refractivity contribution is -0.149. The van der Waals surface area contributed by atoms with Crippen LogP contribution in [0.4, 0.5) is 0 Å². The first-order valence-electron chi connectivity index (χ1n) is 4.50. The number of carboxylic acids is 1. The zero-order valence-corrected chi connectivity index (χ0v) is 7.76. The third kappa shape index (κ3) is 1.52. The maximum Gasteiger partial charge on any atom is 0.309 e. The molecule has 0 aromatic heterocycles. The normalized spacial score (nSPS) is 29.7. The number of hydrogen-bond acceptors (Lipinski definition) is 1. The summed E-state index contributed by atoms with van der Waals surface area (Å²) >= 11 is 0. The van der Waals surface area contributed by atoms with Crippen LogP contribution in [0.3, 0.4) is 0 Å². The second-order valence-corrected chi connectivity index (χ2v) is 3.69. The zero-order chi connectivity index (χ0) is 9.19. The summed E-state index contributed by atoms with van der Waals surface area (Å²) < 4.78 is 0. The van der Waals surface area contributed by atoms with Crippen molar-refractivity contribution in [2.45, 2.75) is 39.5 Å². The topological polar surface area (TPSA) is 37.3 Å². The second kappa shape index (κ2) is 3.30. The predicted octanol–water partition coefficient (Wildman–Crippen LogP) is 2.60. The van der Waals surface area contributed by atoms with Gasteiger partial charge in [-0.3, -0.25) is 4.79 Å². The second-order valence-electron chi connectivity index (χ2n) is 3.69. The molecule has 68 valence electrons. The zero-order valence-electron chi connectivity index (χ0n) is 7.76. The van der Waals surface area contributed by atoms with Crippen molar-refractivity contribution in [3.05, 3.63) is 11.6 Å². The van der Waals surface area contributed by atoms with Crippen LogP contribution in [-0.2, 0) is 4.79 Å². The molecule has 2 heteroatoms. The summed E-state index contributed by atoms with van der Waals surface area (Å²) in [5.74, 6) is -0.631. The summed E-state index contributed by atoms with van der Waals surface area (Å²) in [7, 11) is 0. The summed E-state index contributed by atoms with van der Waals surface area (Å²) in [5.41, 5.74) is 0.875. The Kier molecular flexibility index (Phi) is 2.55. The van der Waals surface area contributed by atoms with Crippen molar-refractivity contribution in [2.75, 3.05) is 0 Å². The monoisotopic (exact) mass is 168 g/mol. The number of carbonyl (C=O) groups is 1. The van der Waals surface area contributed by atoms with Gasteiger partial charge in [-0.25, -0.2) is 0 Å². The number of allylic oxidation sites excluding steroid dienone is 2. The lowest BCUT2D eigenvalue weighted by Crippen LogP contribution is -2.31. The van der Waals surface area contributed by atoms with Gasteiger partial charge in [-0.15, -0.1) is 0 Å². The summed E-state index contributed by atoms with van der Waals surface area (Å²) in [6, 6.07) is 0. The van der Waals surface area contributed by atoms with Crippen LogP contribution in [-0.4, -0.2) is 11.1 Å². The van der Waals surface area contributed by atoms with Crippen LogP contribution in [0.2, 0.25) is 0 Å². The smallest absolute Gasteiger partial charge is 0.309 e. The molecule has 0 aromatic carbocycles. The van der Waals surface area contributed by atoms with E-state index in [-0.39, 0.29) is 0 Å². The van der Waals surface area contributed by atoms with E-state index in [0.717, 1.165) is 19.3 Å². The Labute approximate surface area is 73.3 Å². The molecular formula is C10H16O2. The molecule has 0 saturated heterocycles. The summed E-state index contributed by atoms with van der Waals surface area (Å²) in [6.45, 7) is 4.03. The van der Waals surface area contributed by atoms with Gasteiger partial charge in [0.05, 0.1) is 5.41 Å². The highest BCUT2D eigenvalue weighted by atomic mass is 16.4. The van der Waals surface area contributed by atoms with Gasteiger partial charge in [-0.05, 0) is 32.6 Å². The molecule has 0 saturated carbocycles. The van der Waals surface area contributed by atoms with Crippen molar-refractivity contribution in [1.82, 2.24) is 0 Å². The van der Waals surface area contributed by atoms with E-state index in [4.69, 9.17) is 5.11 Å². The molecule has 1 N–H and O–H groups in total. The molecule has 0 heterocycles. The molecular weight excluding hydrogens is 152 g/mol. The van der Waals surface area contributed by atoms with E-state index in [1.54, 1.807) is 0 Å². The molecule has 0 aliphatic heterocycles. The van der Waals surface area contributed by atoms with Crippen LogP contribution >= 0.6 is 0 Å². The fraction of sp³-hybridized carbons (Fsp3) is 0.700. The highest BCUT2D eigenvalue weighted by Crippen LogP contribution is 2.38. The van der Waals surface area contributed by atoms with E-state index >= 15 is 0 Å². The minimum absolute atomic E-state index is 0.459. The van der Waals surface area contributed by atoms with Gasteiger partial charge in [0.2, 0.25) is 0 Å². The van der Waals surface area contributed by atoms with Crippen LogP contribution in [0.5, 0.6) is 0 Å². The first kappa shape index (κ1) is 9.30. The summed E-state index contributed by atoms with van der Waals surface area (Å²) in [4.78, 5) is 11.0. The third-order valence-corrected chi connectivity index (χ3v) is 2.97. The van der Waals surface area contributed by atoms with Gasteiger partial charge >= 0.3 is 5.97 Å². The van der Waals surface area contributed by atoms with Crippen molar-refractivity contribution < 1.29 is 9.90 Å². The van der Waals surface area contributed by atoms with Crippen molar-refractivity contribution in [1.29, 1.82) is 0 Å². The Morgan fingerprint density at radius 1 is 1.75 bits per heavy atom. The van der Waals surface area contributed by atoms with E-state index in [2.05, 4.69) is 13.0 Å². The van der Waals surface area contributed by atoms with Crippen LogP contribution in [0, 0.1) is 5.41 Å². The van der Waals surface area contributed by atoms with Gasteiger partial charge in [0.25, 0.3) is 0 Å². The van der Waals surface area contributed by atoms with E-state index < -0.39 is 11.4 Å². The van der Waals surface area contributed by atoms with Gasteiger partial charge in [-0.1, -0.05) is 18.6 Å². The molecule has 1 aliphatic carbocycles. The van der Waals surface area contributed by atoms with Gasteiger partial charge in [0.15, 0.2) is 0 Å². The van der Waals surface area contributed by atoms with Gasteiger partial charge < -0.3 is 5.11 Å². The van der Waals surface area contributed by atoms with E-state index in [9.17, 15) is 4.79 Å². The SMILES string of the molecule is CCC1(C(=O)O)CC=C(C)CC1. The van der Waals surface area contributed by atoms with E-state index in [0.29, 0.717) is 6.42 Å². The van der Waals surface area contributed by atoms with Crippen molar-refractivity contribution in [3.63, 3.8) is 0 Å². The first-order chi connectivity index (χ1) is 5.60. The Bertz CT molecular complexity index is 218. The maximum atomic E-state index is 11.0. The Hall–Kier alpha value is -0.790. The highest BCUT2D eigenvalue weighted by molar-refractivity contribution is 5.75. The van der Waals surface area contributed by atoms with E-state index in [1.165, 1.54) is 5.57 Å². The number of hydrogen-bond donors (Lipinski definition) is 1. The molecule has 1 atom stereocenters. The fourth-order valence-electron chi connectivity index (χ4n) is 1.68. The summed E-state index contributed by atoms with van der Waals surface area (Å²) in [6.07, 6.45) is 5.28. The first-order valence-corrected chi connectivity index (χ1v) is 4.50. The molecule has 1 aliphatic rings. The average Bonchev–Trinajstić information content (AvgIpc) is 2.06. The maximum absolute atomic E-state index is 11.0. The molecule has 1 unspecified atom stereocenters. The lowest BCUT2D eigenvalue weighted by atomic mass is 9.73. The fourth-order valence-corrected chi connectivity index (χ4v) is 1.68. The molecule has 0 spiro atoms. The number of aliphatic carboxylic acids is 1. The van der Waals surface area contributed by atoms with Crippen LogP contribution in [0.25, 0.3) is 0 Å². The standard InChI is InChI=1S/C10H16O2/c1-3-10(9(11)12)6-4-8(2)5-7-10/h4H,3,5-7H2,1-2H3,(H,11,12). The predicted molar refractivity (Wildman–Crippen MR) is 48.0 cm³/mol. The van der Waals surface area contributed by atoms with Crippen molar-refractivity contribution >= 4 is 5.97 Å². The van der Waals surface area contributed by atoms with Crippen LogP contribution < -0.4 is 0 Å². The molecule has 12 heavy (non-hydrogen) atoms. The lowest BCUT2D eigenvalue weighted by Gasteiger charge is -2.30.